The van der Waals surface area contributed by atoms with E-state index in [-0.39, 0.29) is 16.9 Å². The molecule has 4 heteroatoms. The molecule has 1 aliphatic carbocycles. The lowest BCUT2D eigenvalue weighted by Crippen LogP contribution is -2.43. The topological polar surface area (TPSA) is 46.2 Å². The van der Waals surface area contributed by atoms with Crippen molar-refractivity contribution in [1.82, 2.24) is 5.32 Å². The van der Waals surface area contributed by atoms with Crippen molar-refractivity contribution in [2.45, 2.75) is 57.2 Å². The highest BCUT2D eigenvalue weighted by atomic mass is 32.2. The van der Waals surface area contributed by atoms with Crippen molar-refractivity contribution in [2.75, 3.05) is 0 Å². The number of hydrogen-bond acceptors (Lipinski definition) is 3. The van der Waals surface area contributed by atoms with Crippen LogP contribution in [0, 0.1) is 5.92 Å². The molecule has 0 aromatic heterocycles. The molecule has 1 saturated carbocycles. The molecule has 120 valence electrons. The van der Waals surface area contributed by atoms with Gasteiger partial charge in [-0.1, -0.05) is 63.1 Å². The number of hydrogen-bond donors (Lipinski definition) is 1. The third kappa shape index (κ3) is 4.87. The summed E-state index contributed by atoms with van der Waals surface area (Å²) in [4.78, 5) is 24.9. The van der Waals surface area contributed by atoms with E-state index in [0.717, 1.165) is 12.8 Å². The largest absolute Gasteiger partial charge is 0.341 e. The minimum absolute atomic E-state index is 0.0938. The predicted octanol–water partition coefficient (Wildman–Crippen LogP) is 4.03. The molecular formula is C18H25NO2S. The normalized spacial score (nSPS) is 17.2. The van der Waals surface area contributed by atoms with Gasteiger partial charge in [-0.2, -0.15) is 0 Å². The average molecular weight is 319 g/mol. The zero-order chi connectivity index (χ0) is 15.9. The van der Waals surface area contributed by atoms with Crippen LogP contribution in [-0.4, -0.2) is 22.3 Å². The van der Waals surface area contributed by atoms with Crippen molar-refractivity contribution >= 4 is 22.8 Å². The monoisotopic (exact) mass is 319 g/mol. The van der Waals surface area contributed by atoms with Gasteiger partial charge in [0.25, 0.3) is 5.91 Å². The quantitative estimate of drug-likeness (QED) is 0.891. The Balaban J connectivity index is 1.96. The molecule has 22 heavy (non-hydrogen) atoms. The molecule has 0 saturated heterocycles. The van der Waals surface area contributed by atoms with Crippen molar-refractivity contribution in [2.24, 2.45) is 5.92 Å². The maximum atomic E-state index is 12.6. The number of nitrogens with one attached hydrogen (secondary N) is 1. The summed E-state index contributed by atoms with van der Waals surface area (Å²) in [5, 5.41) is 3.44. The van der Waals surface area contributed by atoms with Crippen LogP contribution in [-0.2, 0) is 4.79 Å². The third-order valence-electron chi connectivity index (χ3n) is 4.08. The van der Waals surface area contributed by atoms with E-state index in [0.29, 0.717) is 10.8 Å². The molecule has 0 radical (unpaired) electrons. The Morgan fingerprint density at radius 1 is 1.09 bits per heavy atom. The van der Waals surface area contributed by atoms with Gasteiger partial charge >= 0.3 is 0 Å². The van der Waals surface area contributed by atoms with E-state index in [1.165, 1.54) is 31.0 Å². The summed E-state index contributed by atoms with van der Waals surface area (Å²) >= 11 is 1.44. The van der Waals surface area contributed by atoms with Gasteiger partial charge in [0.15, 0.2) is 0 Å². The Labute approximate surface area is 137 Å². The first kappa shape index (κ1) is 17.1. The molecule has 1 aromatic carbocycles. The molecule has 1 N–H and O–H groups in total. The number of benzene rings is 1. The van der Waals surface area contributed by atoms with E-state index in [1.807, 2.05) is 32.0 Å². The summed E-state index contributed by atoms with van der Waals surface area (Å²) in [6, 6.07) is 8.66. The summed E-state index contributed by atoms with van der Waals surface area (Å²) < 4.78 is 0. The summed E-state index contributed by atoms with van der Waals surface area (Å²) in [7, 11) is 0. The van der Waals surface area contributed by atoms with Gasteiger partial charge < -0.3 is 5.32 Å². The standard InChI is InChI=1S/C18H25NO2S/c1-13(2)16(18(21)22-15-11-7-4-8-12-15)19-17(20)14-9-5-3-6-10-14/h3,5-6,9-10,13,15-16H,4,7-8,11-12H2,1-2H3,(H,19,20). The van der Waals surface area contributed by atoms with Gasteiger partial charge in [0, 0.05) is 10.8 Å². The lowest BCUT2D eigenvalue weighted by atomic mass is 10.0. The Hall–Kier alpha value is -1.29. The maximum absolute atomic E-state index is 12.6. The minimum atomic E-state index is -0.417. The van der Waals surface area contributed by atoms with Gasteiger partial charge in [-0.15, -0.1) is 0 Å². The molecule has 1 aromatic rings. The van der Waals surface area contributed by atoms with Crippen LogP contribution in [0.2, 0.25) is 0 Å². The molecule has 0 bridgehead atoms. The second-order valence-corrected chi connectivity index (χ2v) is 7.56. The molecule has 1 aliphatic rings. The first-order chi connectivity index (χ1) is 10.6. The van der Waals surface area contributed by atoms with E-state index in [4.69, 9.17) is 0 Å². The number of thioether (sulfide) groups is 1. The lowest BCUT2D eigenvalue weighted by molar-refractivity contribution is -0.113. The Bertz CT molecular complexity index is 495. The first-order valence-corrected chi connectivity index (χ1v) is 9.02. The Morgan fingerprint density at radius 2 is 1.73 bits per heavy atom. The fourth-order valence-corrected chi connectivity index (χ4v) is 4.11. The molecule has 3 nitrogen and oxygen atoms in total. The van der Waals surface area contributed by atoms with Crippen LogP contribution in [0.3, 0.4) is 0 Å². The van der Waals surface area contributed by atoms with Gasteiger partial charge in [-0.3, -0.25) is 9.59 Å². The third-order valence-corrected chi connectivity index (χ3v) is 5.37. The highest BCUT2D eigenvalue weighted by molar-refractivity contribution is 8.14. The van der Waals surface area contributed by atoms with Crippen molar-refractivity contribution in [1.29, 1.82) is 0 Å². The second-order valence-electron chi connectivity index (χ2n) is 6.26. The number of amides is 1. The van der Waals surface area contributed by atoms with Crippen molar-refractivity contribution in [3.63, 3.8) is 0 Å². The highest BCUT2D eigenvalue weighted by Crippen LogP contribution is 2.30. The molecule has 1 unspecified atom stereocenters. The molecule has 1 amide bonds. The highest BCUT2D eigenvalue weighted by Gasteiger charge is 2.28. The molecular weight excluding hydrogens is 294 g/mol. The number of rotatable bonds is 5. The summed E-state index contributed by atoms with van der Waals surface area (Å²) in [6.45, 7) is 3.96. The maximum Gasteiger partial charge on any atom is 0.251 e. The number of carbonyl (C=O) groups excluding carboxylic acids is 2. The van der Waals surface area contributed by atoms with Crippen LogP contribution < -0.4 is 5.32 Å². The smallest absolute Gasteiger partial charge is 0.251 e. The summed E-state index contributed by atoms with van der Waals surface area (Å²) in [6.07, 6.45) is 5.95. The Morgan fingerprint density at radius 3 is 2.32 bits per heavy atom. The number of carbonyl (C=O) groups is 2. The van der Waals surface area contributed by atoms with Crippen LogP contribution in [0.5, 0.6) is 0 Å². The molecule has 1 atom stereocenters. The van der Waals surface area contributed by atoms with E-state index < -0.39 is 6.04 Å². The summed E-state index contributed by atoms with van der Waals surface area (Å²) in [5.41, 5.74) is 0.601. The van der Waals surface area contributed by atoms with Gasteiger partial charge in [0.1, 0.15) is 6.04 Å². The van der Waals surface area contributed by atoms with Crippen LogP contribution in [0.1, 0.15) is 56.3 Å². The second kappa shape index (κ2) is 8.37. The van der Waals surface area contributed by atoms with Crippen molar-refractivity contribution in [3.8, 4) is 0 Å². The molecule has 0 aliphatic heterocycles. The van der Waals surface area contributed by atoms with Crippen LogP contribution >= 0.6 is 11.8 Å². The zero-order valence-electron chi connectivity index (χ0n) is 13.4. The van der Waals surface area contributed by atoms with Gasteiger partial charge in [0.2, 0.25) is 5.12 Å². The fourth-order valence-electron chi connectivity index (χ4n) is 2.73. The summed E-state index contributed by atoms with van der Waals surface area (Å²) in [5.74, 6) is -0.0758. The minimum Gasteiger partial charge on any atom is -0.341 e. The van der Waals surface area contributed by atoms with E-state index in [9.17, 15) is 9.59 Å². The molecule has 2 rings (SSSR count). The van der Waals surface area contributed by atoms with Crippen LogP contribution in [0.25, 0.3) is 0 Å². The molecule has 0 heterocycles. The van der Waals surface area contributed by atoms with Gasteiger partial charge in [-0.05, 0) is 30.9 Å². The van der Waals surface area contributed by atoms with E-state index in [1.54, 1.807) is 12.1 Å². The average Bonchev–Trinajstić information content (AvgIpc) is 2.53. The van der Waals surface area contributed by atoms with Crippen LogP contribution in [0.4, 0.5) is 0 Å². The predicted molar refractivity (Wildman–Crippen MR) is 92.0 cm³/mol. The van der Waals surface area contributed by atoms with Crippen molar-refractivity contribution < 1.29 is 9.59 Å². The Kier molecular flexibility index (Phi) is 6.49. The SMILES string of the molecule is CC(C)C(NC(=O)c1ccccc1)C(=O)SC1CCCCC1. The zero-order valence-corrected chi connectivity index (χ0v) is 14.2. The first-order valence-electron chi connectivity index (χ1n) is 8.14. The molecule has 1 fully saturated rings. The van der Waals surface area contributed by atoms with Gasteiger partial charge in [0.05, 0.1) is 0 Å². The lowest BCUT2D eigenvalue weighted by Gasteiger charge is -2.25. The van der Waals surface area contributed by atoms with Gasteiger partial charge in [-0.25, -0.2) is 0 Å². The van der Waals surface area contributed by atoms with E-state index >= 15 is 0 Å². The van der Waals surface area contributed by atoms with E-state index in [2.05, 4.69) is 5.32 Å². The van der Waals surface area contributed by atoms with Crippen LogP contribution in [0.15, 0.2) is 30.3 Å². The van der Waals surface area contributed by atoms with Crippen molar-refractivity contribution in [3.05, 3.63) is 35.9 Å². The fraction of sp³-hybridized carbons (Fsp3) is 0.556. The molecule has 0 spiro atoms.